The molecular weight excluding hydrogens is 206 g/mol. The Morgan fingerprint density at radius 1 is 1.31 bits per heavy atom. The van der Waals surface area contributed by atoms with E-state index in [1.165, 1.54) is 0 Å². The average Bonchev–Trinajstić information content (AvgIpc) is 2.23. The lowest BCUT2D eigenvalue weighted by Crippen LogP contribution is -2.12. The van der Waals surface area contributed by atoms with Crippen molar-refractivity contribution in [3.63, 3.8) is 0 Å². The van der Waals surface area contributed by atoms with Gasteiger partial charge < -0.3 is 15.2 Å². The number of nitrogens with zero attached hydrogens (tertiary/aromatic N) is 2. The van der Waals surface area contributed by atoms with Crippen LogP contribution < -0.4 is 10.5 Å². The Labute approximate surface area is 96.0 Å². The number of ether oxygens (including phenoxy) is 2. The largest absolute Gasteiger partial charge is 0.475 e. The van der Waals surface area contributed by atoms with E-state index in [9.17, 15) is 0 Å². The molecule has 0 amide bonds. The van der Waals surface area contributed by atoms with Crippen molar-refractivity contribution in [3.8, 4) is 5.88 Å². The molecule has 0 radical (unpaired) electrons. The van der Waals surface area contributed by atoms with Gasteiger partial charge in [0.25, 0.3) is 0 Å². The summed E-state index contributed by atoms with van der Waals surface area (Å²) in [4.78, 5) is 8.26. The highest BCUT2D eigenvalue weighted by molar-refractivity contribution is 5.32. The Morgan fingerprint density at radius 3 is 2.69 bits per heavy atom. The molecule has 0 saturated carbocycles. The molecule has 0 fully saturated rings. The van der Waals surface area contributed by atoms with Crippen molar-refractivity contribution in [1.82, 2.24) is 9.97 Å². The van der Waals surface area contributed by atoms with Gasteiger partial charge in [0.05, 0.1) is 12.7 Å². The van der Waals surface area contributed by atoms with E-state index in [1.807, 2.05) is 20.8 Å². The molecule has 1 aromatic rings. The predicted octanol–water partition coefficient (Wildman–Crippen LogP) is 1.43. The van der Waals surface area contributed by atoms with E-state index in [4.69, 9.17) is 15.2 Å². The van der Waals surface area contributed by atoms with Gasteiger partial charge in [-0.25, -0.2) is 4.98 Å². The van der Waals surface area contributed by atoms with Crippen LogP contribution in [0.3, 0.4) is 0 Å². The normalized spacial score (nSPS) is 10.8. The zero-order valence-corrected chi connectivity index (χ0v) is 10.1. The summed E-state index contributed by atoms with van der Waals surface area (Å²) in [5.41, 5.74) is 5.63. The minimum absolute atomic E-state index is 0.213. The van der Waals surface area contributed by atoms with Gasteiger partial charge in [0, 0.05) is 12.5 Å². The van der Waals surface area contributed by atoms with E-state index in [0.717, 1.165) is 6.42 Å². The highest BCUT2D eigenvalue weighted by Gasteiger charge is 2.02. The molecule has 0 atom stereocenters. The van der Waals surface area contributed by atoms with Gasteiger partial charge in [0.2, 0.25) is 5.88 Å². The summed E-state index contributed by atoms with van der Waals surface area (Å²) < 4.78 is 10.8. The quantitative estimate of drug-likeness (QED) is 0.741. The van der Waals surface area contributed by atoms with E-state index in [2.05, 4.69) is 9.97 Å². The van der Waals surface area contributed by atoms with Crippen molar-refractivity contribution >= 4 is 5.82 Å². The van der Waals surface area contributed by atoms with Crippen LogP contribution in [0.5, 0.6) is 5.88 Å². The number of anilines is 1. The van der Waals surface area contributed by atoms with Crippen molar-refractivity contribution in [3.05, 3.63) is 11.9 Å². The second kappa shape index (κ2) is 6.27. The Kier molecular flexibility index (Phi) is 4.98. The Balaban J connectivity index is 2.44. The van der Waals surface area contributed by atoms with E-state index >= 15 is 0 Å². The molecular formula is C11H19N3O2. The standard InChI is InChI=1S/C11H19N3O2/c1-4-10-13-9(12)7-11(14-10)16-6-5-15-8(2)3/h7-8H,4-6H2,1-3H3,(H2,12,13,14). The molecule has 0 aliphatic carbocycles. The lowest BCUT2D eigenvalue weighted by molar-refractivity contribution is 0.0542. The van der Waals surface area contributed by atoms with Crippen LogP contribution in [0.1, 0.15) is 26.6 Å². The fraction of sp³-hybridized carbons (Fsp3) is 0.636. The summed E-state index contributed by atoms with van der Waals surface area (Å²) in [6.07, 6.45) is 0.953. The molecule has 1 aromatic heterocycles. The van der Waals surface area contributed by atoms with Crippen LogP contribution in [0.4, 0.5) is 5.82 Å². The fourth-order valence-electron chi connectivity index (χ4n) is 1.15. The Morgan fingerprint density at radius 2 is 2.06 bits per heavy atom. The van der Waals surface area contributed by atoms with Crippen molar-refractivity contribution in [2.45, 2.75) is 33.3 Å². The maximum absolute atomic E-state index is 5.63. The van der Waals surface area contributed by atoms with E-state index in [-0.39, 0.29) is 6.10 Å². The summed E-state index contributed by atoms with van der Waals surface area (Å²) in [6, 6.07) is 1.62. The third kappa shape index (κ3) is 4.44. The molecule has 5 heteroatoms. The number of hydrogen-bond donors (Lipinski definition) is 1. The van der Waals surface area contributed by atoms with Gasteiger partial charge >= 0.3 is 0 Å². The van der Waals surface area contributed by atoms with E-state index < -0.39 is 0 Å². The SMILES string of the molecule is CCc1nc(N)cc(OCCOC(C)C)n1. The third-order valence-corrected chi connectivity index (χ3v) is 1.87. The zero-order chi connectivity index (χ0) is 12.0. The van der Waals surface area contributed by atoms with Gasteiger partial charge in [0.15, 0.2) is 0 Å². The zero-order valence-electron chi connectivity index (χ0n) is 10.1. The van der Waals surface area contributed by atoms with E-state index in [1.54, 1.807) is 6.07 Å². The van der Waals surface area contributed by atoms with Gasteiger partial charge in [-0.15, -0.1) is 0 Å². The smallest absolute Gasteiger partial charge is 0.218 e. The summed E-state index contributed by atoms with van der Waals surface area (Å²) >= 11 is 0. The molecule has 0 aliphatic heterocycles. The molecule has 0 unspecified atom stereocenters. The molecule has 0 aliphatic rings. The summed E-state index contributed by atoms with van der Waals surface area (Å²) in [5, 5.41) is 0. The average molecular weight is 225 g/mol. The van der Waals surface area contributed by atoms with Crippen LogP contribution in [-0.2, 0) is 11.2 Å². The second-order valence-corrected chi connectivity index (χ2v) is 3.67. The van der Waals surface area contributed by atoms with Gasteiger partial charge in [-0.05, 0) is 13.8 Å². The first-order valence-electron chi connectivity index (χ1n) is 5.49. The first-order valence-corrected chi connectivity index (χ1v) is 5.49. The Bertz CT molecular complexity index is 329. The minimum atomic E-state index is 0.213. The fourth-order valence-corrected chi connectivity index (χ4v) is 1.15. The highest BCUT2D eigenvalue weighted by atomic mass is 16.5. The number of nitrogen functional groups attached to an aromatic ring is 1. The van der Waals surface area contributed by atoms with Gasteiger partial charge in [-0.1, -0.05) is 6.92 Å². The maximum atomic E-state index is 5.63. The first-order chi connectivity index (χ1) is 7.61. The topological polar surface area (TPSA) is 70.3 Å². The minimum Gasteiger partial charge on any atom is -0.475 e. The molecule has 16 heavy (non-hydrogen) atoms. The molecule has 0 bridgehead atoms. The van der Waals surface area contributed by atoms with Crippen molar-refractivity contribution in [2.75, 3.05) is 18.9 Å². The maximum Gasteiger partial charge on any atom is 0.218 e. The highest BCUT2D eigenvalue weighted by Crippen LogP contribution is 2.11. The van der Waals surface area contributed by atoms with Crippen LogP contribution in [0, 0.1) is 0 Å². The number of rotatable bonds is 6. The van der Waals surface area contributed by atoms with Crippen LogP contribution in [0.15, 0.2) is 6.07 Å². The van der Waals surface area contributed by atoms with Crippen LogP contribution >= 0.6 is 0 Å². The van der Waals surface area contributed by atoms with Crippen LogP contribution in [0.2, 0.25) is 0 Å². The molecule has 1 heterocycles. The molecule has 0 saturated heterocycles. The third-order valence-electron chi connectivity index (χ3n) is 1.87. The predicted molar refractivity (Wildman–Crippen MR) is 62.4 cm³/mol. The van der Waals surface area contributed by atoms with Crippen LogP contribution in [0.25, 0.3) is 0 Å². The van der Waals surface area contributed by atoms with Gasteiger partial charge in [-0.2, -0.15) is 4.98 Å². The first kappa shape index (κ1) is 12.7. The molecule has 1 rings (SSSR count). The molecule has 0 aromatic carbocycles. The number of nitrogens with two attached hydrogens (primary N) is 1. The summed E-state index contributed by atoms with van der Waals surface area (Å²) in [5.74, 6) is 1.64. The lowest BCUT2D eigenvalue weighted by Gasteiger charge is -2.09. The summed E-state index contributed by atoms with van der Waals surface area (Å²) in [7, 11) is 0. The number of aromatic nitrogens is 2. The molecule has 2 N–H and O–H groups in total. The summed E-state index contributed by atoms with van der Waals surface area (Å²) in [6.45, 7) is 6.96. The van der Waals surface area contributed by atoms with Crippen LogP contribution in [-0.4, -0.2) is 29.3 Å². The monoisotopic (exact) mass is 225 g/mol. The number of hydrogen-bond acceptors (Lipinski definition) is 5. The van der Waals surface area contributed by atoms with Gasteiger partial charge in [-0.3, -0.25) is 0 Å². The second-order valence-electron chi connectivity index (χ2n) is 3.67. The van der Waals surface area contributed by atoms with E-state index in [0.29, 0.717) is 30.7 Å². The molecule has 0 spiro atoms. The Hall–Kier alpha value is -1.36. The molecule has 5 nitrogen and oxygen atoms in total. The number of aryl methyl sites for hydroxylation is 1. The van der Waals surface area contributed by atoms with Crippen molar-refractivity contribution in [1.29, 1.82) is 0 Å². The van der Waals surface area contributed by atoms with Crippen molar-refractivity contribution in [2.24, 2.45) is 0 Å². The van der Waals surface area contributed by atoms with Gasteiger partial charge in [0.1, 0.15) is 18.2 Å². The lowest BCUT2D eigenvalue weighted by atomic mass is 10.4. The molecule has 90 valence electrons. The van der Waals surface area contributed by atoms with Crippen molar-refractivity contribution < 1.29 is 9.47 Å².